The van der Waals surface area contributed by atoms with Gasteiger partial charge in [0.1, 0.15) is 11.3 Å². The molecule has 4 aliphatic rings. The van der Waals surface area contributed by atoms with Crippen molar-refractivity contribution in [3.63, 3.8) is 0 Å². The highest BCUT2D eigenvalue weighted by Gasteiger charge is 2.54. The number of methoxy groups -OCH3 is 1. The fourth-order valence-electron chi connectivity index (χ4n) is 8.32. The van der Waals surface area contributed by atoms with E-state index < -0.39 is 23.0 Å². The number of likely N-dealkylation sites (tertiary alicyclic amines) is 1. The van der Waals surface area contributed by atoms with Crippen molar-refractivity contribution in [1.29, 1.82) is 0 Å². The van der Waals surface area contributed by atoms with Gasteiger partial charge in [-0.05, 0) is 86.8 Å². The van der Waals surface area contributed by atoms with Gasteiger partial charge in [-0.1, -0.05) is 49.4 Å². The third-order valence-corrected chi connectivity index (χ3v) is 11.3. The average molecular weight is 694 g/mol. The fraction of sp³-hybridized carbons (Fsp3) is 0.425. The molecule has 11 heteroatoms. The maximum absolute atomic E-state index is 14.2. The van der Waals surface area contributed by atoms with Gasteiger partial charge in [-0.3, -0.25) is 19.3 Å². The molecule has 3 saturated heterocycles. The van der Waals surface area contributed by atoms with Gasteiger partial charge in [-0.2, -0.15) is 0 Å². The average Bonchev–Trinajstić information content (AvgIpc) is 3.82. The van der Waals surface area contributed by atoms with E-state index in [0.29, 0.717) is 30.2 Å². The Kier molecular flexibility index (Phi) is 9.62. The molecule has 7 rings (SSSR count). The Hall–Kier alpha value is -4.71. The molecule has 3 N–H and O–H groups in total. The number of rotatable bonds is 10. The smallest absolute Gasteiger partial charge is 0.264 e. The van der Waals surface area contributed by atoms with E-state index in [-0.39, 0.29) is 37.4 Å². The zero-order valence-corrected chi connectivity index (χ0v) is 29.3. The molecule has 4 heterocycles. The van der Waals surface area contributed by atoms with E-state index in [4.69, 9.17) is 4.74 Å². The van der Waals surface area contributed by atoms with E-state index in [1.807, 2.05) is 47.4 Å². The van der Waals surface area contributed by atoms with Gasteiger partial charge in [-0.25, -0.2) is 0 Å². The number of ether oxygens (including phenoxy) is 1. The summed E-state index contributed by atoms with van der Waals surface area (Å²) >= 11 is 0. The summed E-state index contributed by atoms with van der Waals surface area (Å²) in [6.45, 7) is 4.56. The first-order chi connectivity index (χ1) is 24.7. The van der Waals surface area contributed by atoms with Crippen LogP contribution >= 0.6 is 0 Å². The molecule has 0 aromatic heterocycles. The molecule has 1 spiro atoms. The molecule has 3 fully saturated rings. The van der Waals surface area contributed by atoms with Crippen molar-refractivity contribution >= 4 is 34.8 Å². The highest BCUT2D eigenvalue weighted by Crippen LogP contribution is 2.47. The molecular weight excluding hydrogens is 646 g/mol. The number of aliphatic hydroxyl groups is 2. The molecule has 0 saturated carbocycles. The summed E-state index contributed by atoms with van der Waals surface area (Å²) in [6, 6.07) is 23.0. The number of anilines is 3. The first-order valence-electron chi connectivity index (χ1n) is 18.0. The van der Waals surface area contributed by atoms with Crippen LogP contribution in [0.3, 0.4) is 0 Å². The van der Waals surface area contributed by atoms with Crippen molar-refractivity contribution in [2.45, 2.75) is 62.8 Å². The van der Waals surface area contributed by atoms with Gasteiger partial charge in [0.15, 0.2) is 5.60 Å². The van der Waals surface area contributed by atoms with Crippen LogP contribution < -0.4 is 24.8 Å². The number of carbonyl (C=O) groups is 3. The second kappa shape index (κ2) is 14.1. The van der Waals surface area contributed by atoms with Crippen LogP contribution in [0.5, 0.6) is 5.75 Å². The van der Waals surface area contributed by atoms with Crippen molar-refractivity contribution in [3.05, 3.63) is 96.1 Å². The third kappa shape index (κ3) is 6.07. The Morgan fingerprint density at radius 2 is 1.76 bits per heavy atom. The van der Waals surface area contributed by atoms with Crippen LogP contribution in [0.2, 0.25) is 0 Å². The Bertz CT molecular complexity index is 1790. The second-order valence-electron chi connectivity index (χ2n) is 14.1. The number of benzene rings is 3. The summed E-state index contributed by atoms with van der Waals surface area (Å²) in [6.07, 6.45) is 6.66. The molecule has 3 atom stereocenters. The van der Waals surface area contributed by atoms with E-state index in [0.717, 1.165) is 55.7 Å². The standard InChI is InChI=1S/C40H47N5O6/c1-28(8-6-12-36(47)42-23-7-11-32(42)26-46)40(50)34-24-33(51-2)17-18-35(34)43(38(40)49)25-29-13-15-30(16-14-29)44-27-45(31-9-4-3-5-10-31)39(37(44)48)19-21-41-22-20-39/h3-6,8-10,13-18,24,28,32,41,46,50H,7,11-12,19-23,25-27H2,1-2H3/b8-6+/t28-,32+,40+/m1/s1. The minimum atomic E-state index is -1.88. The minimum absolute atomic E-state index is 0.0564. The predicted octanol–water partition coefficient (Wildman–Crippen LogP) is 3.93. The number of fused-ring (bicyclic) bond motifs is 1. The molecule has 268 valence electrons. The van der Waals surface area contributed by atoms with Crippen LogP contribution in [0, 0.1) is 5.92 Å². The third-order valence-electron chi connectivity index (χ3n) is 11.3. The van der Waals surface area contributed by atoms with E-state index >= 15 is 0 Å². The van der Waals surface area contributed by atoms with Gasteiger partial charge in [0.2, 0.25) is 5.91 Å². The Labute approximate surface area is 299 Å². The monoisotopic (exact) mass is 693 g/mol. The van der Waals surface area contributed by atoms with E-state index in [9.17, 15) is 24.6 Å². The minimum Gasteiger partial charge on any atom is -0.497 e. The first kappa shape index (κ1) is 34.7. The van der Waals surface area contributed by atoms with Crippen LogP contribution in [-0.2, 0) is 26.5 Å². The molecule has 3 aromatic carbocycles. The summed E-state index contributed by atoms with van der Waals surface area (Å²) in [5.74, 6) is -0.576. The van der Waals surface area contributed by atoms with Crippen molar-refractivity contribution in [2.75, 3.05) is 54.7 Å². The summed E-state index contributed by atoms with van der Waals surface area (Å²) < 4.78 is 5.47. The zero-order chi connectivity index (χ0) is 35.8. The molecule has 51 heavy (non-hydrogen) atoms. The lowest BCUT2D eigenvalue weighted by Gasteiger charge is -2.39. The number of nitrogens with zero attached hydrogens (tertiary/aromatic N) is 4. The Balaban J connectivity index is 1.10. The molecule has 4 aliphatic heterocycles. The number of piperidine rings is 1. The number of hydrogen-bond acceptors (Lipinski definition) is 8. The van der Waals surface area contributed by atoms with Crippen LogP contribution in [0.4, 0.5) is 17.1 Å². The zero-order valence-electron chi connectivity index (χ0n) is 29.3. The second-order valence-corrected chi connectivity index (χ2v) is 14.1. The first-order valence-corrected chi connectivity index (χ1v) is 18.0. The summed E-state index contributed by atoms with van der Waals surface area (Å²) in [5.41, 5.74) is 1.23. The number of nitrogens with one attached hydrogen (secondary N) is 1. The van der Waals surface area contributed by atoms with Gasteiger partial charge in [0, 0.05) is 35.8 Å². The molecule has 3 aromatic rings. The number of carbonyl (C=O) groups excluding carboxylic acids is 3. The molecule has 0 bridgehead atoms. The molecule has 0 radical (unpaired) electrons. The topological polar surface area (TPSA) is 126 Å². The van der Waals surface area contributed by atoms with Gasteiger partial charge in [0.05, 0.1) is 38.7 Å². The fourth-order valence-corrected chi connectivity index (χ4v) is 8.32. The van der Waals surface area contributed by atoms with Crippen LogP contribution in [0.1, 0.15) is 50.2 Å². The van der Waals surface area contributed by atoms with Crippen LogP contribution in [0.15, 0.2) is 84.9 Å². The quantitative estimate of drug-likeness (QED) is 0.273. The summed E-state index contributed by atoms with van der Waals surface area (Å²) in [4.78, 5) is 48.6. The highest BCUT2D eigenvalue weighted by atomic mass is 16.5. The van der Waals surface area contributed by atoms with Crippen LogP contribution in [0.25, 0.3) is 0 Å². The molecular formula is C40H47N5O6. The number of amides is 3. The molecule has 0 unspecified atom stereocenters. The molecule has 11 nitrogen and oxygen atoms in total. The largest absolute Gasteiger partial charge is 0.497 e. The SMILES string of the molecule is COc1ccc2c(c1)[C@@](O)([C@H](C)/C=C/CC(=O)N1CCC[C@H]1CO)C(=O)N2Cc1ccc(N2CN(c3ccccc3)C3(CCNCC3)C2=O)cc1. The lowest BCUT2D eigenvalue weighted by atomic mass is 9.83. The number of hydrogen-bond donors (Lipinski definition) is 3. The molecule has 3 amide bonds. The van der Waals surface area contributed by atoms with Gasteiger partial charge < -0.3 is 35.0 Å². The number of para-hydroxylation sites is 1. The summed E-state index contributed by atoms with van der Waals surface area (Å²) in [7, 11) is 1.54. The normalized spacial score (nSPS) is 23.5. The van der Waals surface area contributed by atoms with E-state index in [1.54, 1.807) is 54.2 Å². The molecule has 0 aliphatic carbocycles. The van der Waals surface area contributed by atoms with Crippen LogP contribution in [-0.4, -0.2) is 84.4 Å². The Morgan fingerprint density at radius 3 is 2.47 bits per heavy atom. The maximum atomic E-state index is 14.2. The van der Waals surface area contributed by atoms with Gasteiger partial charge in [-0.15, -0.1) is 0 Å². The van der Waals surface area contributed by atoms with Crippen molar-refractivity contribution in [3.8, 4) is 5.75 Å². The van der Waals surface area contributed by atoms with Crippen molar-refractivity contribution < 1.29 is 29.3 Å². The Morgan fingerprint density at radius 1 is 1.02 bits per heavy atom. The lowest BCUT2D eigenvalue weighted by molar-refractivity contribution is -0.139. The predicted molar refractivity (Wildman–Crippen MR) is 195 cm³/mol. The van der Waals surface area contributed by atoms with Crippen molar-refractivity contribution in [2.24, 2.45) is 5.92 Å². The van der Waals surface area contributed by atoms with Gasteiger partial charge in [0.25, 0.3) is 11.8 Å². The van der Waals surface area contributed by atoms with Crippen molar-refractivity contribution in [1.82, 2.24) is 10.2 Å². The van der Waals surface area contributed by atoms with Gasteiger partial charge >= 0.3 is 0 Å². The number of aliphatic hydroxyl groups excluding tert-OH is 1. The maximum Gasteiger partial charge on any atom is 0.264 e. The summed E-state index contributed by atoms with van der Waals surface area (Å²) in [5, 5.41) is 25.2. The highest BCUT2D eigenvalue weighted by molar-refractivity contribution is 6.08. The van der Waals surface area contributed by atoms with E-state index in [2.05, 4.69) is 22.3 Å². The van der Waals surface area contributed by atoms with E-state index in [1.165, 1.54) is 0 Å². The lowest BCUT2D eigenvalue weighted by Crippen LogP contribution is -2.55.